The summed E-state index contributed by atoms with van der Waals surface area (Å²) in [6, 6.07) is 9.68. The molecule has 0 aliphatic carbocycles. The van der Waals surface area contributed by atoms with Gasteiger partial charge in [-0.05, 0) is 42.7 Å². The van der Waals surface area contributed by atoms with E-state index in [2.05, 4.69) is 13.8 Å². The fraction of sp³-hybridized carbons (Fsp3) is 0.389. The van der Waals surface area contributed by atoms with Crippen LogP contribution in [0.2, 0.25) is 0 Å². The molecule has 2 aromatic rings. The molecule has 22 heavy (non-hydrogen) atoms. The van der Waals surface area contributed by atoms with Crippen LogP contribution in [0, 0.1) is 0 Å². The molecular weight excluding hydrogens is 296 g/mol. The zero-order valence-electron chi connectivity index (χ0n) is 13.3. The van der Waals surface area contributed by atoms with Gasteiger partial charge in [0.1, 0.15) is 11.5 Å². The number of furan rings is 1. The number of benzene rings is 1. The first kappa shape index (κ1) is 16.7. The molecule has 0 amide bonds. The molecule has 4 heteroatoms. The van der Waals surface area contributed by atoms with Gasteiger partial charge in [0.15, 0.2) is 5.78 Å². The minimum atomic E-state index is 0.0995. The molecular formula is C18H22O3S. The molecule has 0 saturated heterocycles. The van der Waals surface area contributed by atoms with E-state index in [4.69, 9.17) is 9.15 Å². The Balaban J connectivity index is 2.07. The summed E-state index contributed by atoms with van der Waals surface area (Å²) in [7, 11) is 0. The zero-order valence-corrected chi connectivity index (χ0v) is 14.1. The number of carbonyl (C=O) groups excluding carboxylic acids is 1. The maximum absolute atomic E-state index is 12.5. The third kappa shape index (κ3) is 4.41. The Hall–Kier alpha value is -1.68. The minimum absolute atomic E-state index is 0.0995. The molecule has 0 aliphatic heterocycles. The van der Waals surface area contributed by atoms with Crippen LogP contribution in [-0.4, -0.2) is 18.1 Å². The second-order valence-electron chi connectivity index (χ2n) is 5.34. The summed E-state index contributed by atoms with van der Waals surface area (Å²) in [4.78, 5) is 12.5. The maximum atomic E-state index is 12.5. The Labute approximate surface area is 136 Å². The van der Waals surface area contributed by atoms with E-state index in [-0.39, 0.29) is 5.78 Å². The van der Waals surface area contributed by atoms with Crippen molar-refractivity contribution >= 4 is 17.5 Å². The van der Waals surface area contributed by atoms with Gasteiger partial charge in [-0.3, -0.25) is 4.79 Å². The van der Waals surface area contributed by atoms with Gasteiger partial charge in [-0.15, -0.1) is 11.8 Å². The first-order valence-corrected chi connectivity index (χ1v) is 8.67. The molecule has 0 spiro atoms. The number of hydrogen-bond donors (Lipinski definition) is 0. The van der Waals surface area contributed by atoms with E-state index in [1.165, 1.54) is 0 Å². The van der Waals surface area contributed by atoms with Crippen LogP contribution in [0.25, 0.3) is 0 Å². The minimum Gasteiger partial charge on any atom is -0.493 e. The van der Waals surface area contributed by atoms with Crippen LogP contribution < -0.4 is 4.74 Å². The van der Waals surface area contributed by atoms with Crippen LogP contribution in [0.3, 0.4) is 0 Å². The summed E-state index contributed by atoms with van der Waals surface area (Å²) in [5, 5.41) is 0. The SMILES string of the molecule is CCOc1ccc(C(C)C)cc1C(=O)CSCc1ccco1. The molecule has 0 bridgehead atoms. The molecule has 1 aromatic carbocycles. The van der Waals surface area contributed by atoms with Gasteiger partial charge in [0.25, 0.3) is 0 Å². The van der Waals surface area contributed by atoms with Gasteiger partial charge >= 0.3 is 0 Å². The van der Waals surface area contributed by atoms with Crippen molar-refractivity contribution in [3.8, 4) is 5.75 Å². The molecule has 3 nitrogen and oxygen atoms in total. The molecule has 0 fully saturated rings. The van der Waals surface area contributed by atoms with Crippen molar-refractivity contribution < 1.29 is 13.9 Å². The number of carbonyl (C=O) groups is 1. The van der Waals surface area contributed by atoms with E-state index in [9.17, 15) is 4.79 Å². The molecule has 0 unspecified atom stereocenters. The summed E-state index contributed by atoms with van der Waals surface area (Å²) in [5.41, 5.74) is 1.84. The van der Waals surface area contributed by atoms with E-state index < -0.39 is 0 Å². The van der Waals surface area contributed by atoms with E-state index in [1.54, 1.807) is 18.0 Å². The summed E-state index contributed by atoms with van der Waals surface area (Å²) < 4.78 is 10.9. The van der Waals surface area contributed by atoms with E-state index >= 15 is 0 Å². The van der Waals surface area contributed by atoms with Crippen LogP contribution in [0.4, 0.5) is 0 Å². The lowest BCUT2D eigenvalue weighted by molar-refractivity contribution is 0.101. The molecule has 118 valence electrons. The summed E-state index contributed by atoms with van der Waals surface area (Å²) in [5.74, 6) is 3.17. The quantitative estimate of drug-likeness (QED) is 0.648. The lowest BCUT2D eigenvalue weighted by Crippen LogP contribution is -2.08. The average Bonchev–Trinajstić information content (AvgIpc) is 3.01. The second-order valence-corrected chi connectivity index (χ2v) is 6.32. The molecule has 1 aromatic heterocycles. The molecule has 0 aliphatic rings. The Kier molecular flexibility index (Phi) is 6.13. The number of rotatable bonds is 8. The van der Waals surface area contributed by atoms with Crippen LogP contribution in [0.5, 0.6) is 5.75 Å². The predicted molar refractivity (Wildman–Crippen MR) is 90.9 cm³/mol. The summed E-state index contributed by atoms with van der Waals surface area (Å²) >= 11 is 1.56. The fourth-order valence-electron chi connectivity index (χ4n) is 2.12. The van der Waals surface area contributed by atoms with Gasteiger partial charge in [0.2, 0.25) is 0 Å². The maximum Gasteiger partial charge on any atom is 0.176 e. The topological polar surface area (TPSA) is 39.4 Å². The highest BCUT2D eigenvalue weighted by molar-refractivity contribution is 7.99. The highest BCUT2D eigenvalue weighted by Crippen LogP contribution is 2.26. The molecule has 0 radical (unpaired) electrons. The molecule has 0 saturated carbocycles. The molecule has 0 N–H and O–H groups in total. The van der Waals surface area contributed by atoms with Crippen molar-refractivity contribution in [1.29, 1.82) is 0 Å². The van der Waals surface area contributed by atoms with Gasteiger partial charge in [0.05, 0.1) is 29.9 Å². The third-order valence-electron chi connectivity index (χ3n) is 3.33. The van der Waals surface area contributed by atoms with Crippen molar-refractivity contribution in [3.05, 3.63) is 53.5 Å². The Morgan fingerprint density at radius 3 is 2.77 bits per heavy atom. The number of Topliss-reactive ketones (excluding diaryl/α,β-unsaturated/α-hetero) is 1. The number of thioether (sulfide) groups is 1. The van der Waals surface area contributed by atoms with Crippen molar-refractivity contribution in [3.63, 3.8) is 0 Å². The van der Waals surface area contributed by atoms with Crippen molar-refractivity contribution in [2.75, 3.05) is 12.4 Å². The summed E-state index contributed by atoms with van der Waals surface area (Å²) in [6.45, 7) is 6.72. The van der Waals surface area contributed by atoms with Crippen LogP contribution in [0.1, 0.15) is 48.4 Å². The normalized spacial score (nSPS) is 10.9. The van der Waals surface area contributed by atoms with Crippen molar-refractivity contribution in [2.45, 2.75) is 32.4 Å². The lowest BCUT2D eigenvalue weighted by Gasteiger charge is -2.13. The van der Waals surface area contributed by atoms with Crippen LogP contribution in [-0.2, 0) is 5.75 Å². The number of ether oxygens (including phenoxy) is 1. The van der Waals surface area contributed by atoms with E-state index in [0.29, 0.717) is 35.3 Å². The monoisotopic (exact) mass is 318 g/mol. The van der Waals surface area contributed by atoms with Crippen molar-refractivity contribution in [2.24, 2.45) is 0 Å². The smallest absolute Gasteiger partial charge is 0.176 e. The second kappa shape index (κ2) is 8.08. The first-order chi connectivity index (χ1) is 10.6. The third-order valence-corrected chi connectivity index (χ3v) is 4.28. The Morgan fingerprint density at radius 1 is 1.32 bits per heavy atom. The fourth-order valence-corrected chi connectivity index (χ4v) is 2.93. The van der Waals surface area contributed by atoms with Gasteiger partial charge in [-0.25, -0.2) is 0 Å². The Morgan fingerprint density at radius 2 is 2.14 bits per heavy atom. The standard InChI is InChI=1S/C18H22O3S/c1-4-20-18-8-7-14(13(2)3)10-16(18)17(19)12-22-11-15-6-5-9-21-15/h5-10,13H,4,11-12H2,1-3H3. The average molecular weight is 318 g/mol. The van der Waals surface area contributed by atoms with Gasteiger partial charge in [0, 0.05) is 0 Å². The van der Waals surface area contributed by atoms with Crippen molar-refractivity contribution in [1.82, 2.24) is 0 Å². The van der Waals surface area contributed by atoms with E-state index in [0.717, 1.165) is 11.3 Å². The molecule has 0 atom stereocenters. The zero-order chi connectivity index (χ0) is 15.9. The van der Waals surface area contributed by atoms with Gasteiger partial charge in [-0.1, -0.05) is 19.9 Å². The largest absolute Gasteiger partial charge is 0.493 e. The van der Waals surface area contributed by atoms with Crippen LogP contribution in [0.15, 0.2) is 41.0 Å². The van der Waals surface area contributed by atoms with E-state index in [1.807, 2.05) is 37.3 Å². The number of ketones is 1. The predicted octanol–water partition coefficient (Wildman–Crippen LogP) is 4.92. The highest BCUT2D eigenvalue weighted by atomic mass is 32.2. The number of hydrogen-bond acceptors (Lipinski definition) is 4. The van der Waals surface area contributed by atoms with Gasteiger partial charge in [-0.2, -0.15) is 0 Å². The lowest BCUT2D eigenvalue weighted by atomic mass is 9.99. The molecule has 2 rings (SSSR count). The first-order valence-electron chi connectivity index (χ1n) is 7.52. The van der Waals surface area contributed by atoms with Crippen LogP contribution >= 0.6 is 11.8 Å². The Bertz CT molecular complexity index is 603. The molecule has 1 heterocycles. The van der Waals surface area contributed by atoms with Gasteiger partial charge < -0.3 is 9.15 Å². The summed E-state index contributed by atoms with van der Waals surface area (Å²) in [6.07, 6.45) is 1.65. The highest BCUT2D eigenvalue weighted by Gasteiger charge is 2.15.